The second-order valence-electron chi connectivity index (χ2n) is 3.07. The molecule has 0 N–H and O–H groups in total. The highest BCUT2D eigenvalue weighted by molar-refractivity contribution is 6.30. The maximum absolute atomic E-state index is 5.66. The van der Waals surface area contributed by atoms with Crippen LogP contribution in [0.15, 0.2) is 18.3 Å². The van der Waals surface area contributed by atoms with Crippen LogP contribution in [0.4, 0.5) is 0 Å². The molecule has 2 nitrogen and oxygen atoms in total. The zero-order chi connectivity index (χ0) is 9.90. The third-order valence-electron chi connectivity index (χ3n) is 1.41. The molecule has 0 aromatic carbocycles. The van der Waals surface area contributed by atoms with Crippen LogP contribution >= 0.6 is 11.6 Å². The van der Waals surface area contributed by atoms with Gasteiger partial charge in [-0.3, -0.25) is 0 Å². The van der Waals surface area contributed by atoms with E-state index in [0.29, 0.717) is 10.9 Å². The van der Waals surface area contributed by atoms with Gasteiger partial charge in [-0.05, 0) is 19.9 Å². The van der Waals surface area contributed by atoms with E-state index < -0.39 is 5.60 Å². The van der Waals surface area contributed by atoms with Crippen LogP contribution < -0.4 is 4.74 Å². The number of halogens is 1. The molecule has 3 heteroatoms. The summed E-state index contributed by atoms with van der Waals surface area (Å²) in [5, 5.41) is 0.575. The first-order valence-corrected chi connectivity index (χ1v) is 4.20. The maximum atomic E-state index is 5.66. The first-order chi connectivity index (χ1) is 6.03. The van der Waals surface area contributed by atoms with Crippen molar-refractivity contribution < 1.29 is 4.74 Å². The molecule has 0 saturated carbocycles. The van der Waals surface area contributed by atoms with E-state index in [1.165, 1.54) is 6.20 Å². The van der Waals surface area contributed by atoms with Crippen molar-refractivity contribution >= 4 is 11.6 Å². The van der Waals surface area contributed by atoms with Crippen LogP contribution in [-0.4, -0.2) is 10.6 Å². The van der Waals surface area contributed by atoms with Gasteiger partial charge < -0.3 is 4.74 Å². The number of hydrogen-bond donors (Lipinski definition) is 0. The summed E-state index contributed by atoms with van der Waals surface area (Å²) in [6.07, 6.45) is 6.77. The molecule has 1 aromatic rings. The summed E-state index contributed by atoms with van der Waals surface area (Å²) in [6.45, 7) is 3.59. The molecule has 0 spiro atoms. The monoisotopic (exact) mass is 195 g/mol. The molecule has 68 valence electrons. The molecule has 13 heavy (non-hydrogen) atoms. The van der Waals surface area contributed by atoms with Crippen molar-refractivity contribution in [3.05, 3.63) is 23.4 Å². The predicted octanol–water partition coefficient (Wildman–Crippen LogP) is 2.53. The first-order valence-electron chi connectivity index (χ1n) is 3.82. The number of terminal acetylenes is 1. The van der Waals surface area contributed by atoms with Crippen LogP contribution in [0.5, 0.6) is 5.88 Å². The Labute approximate surface area is 82.9 Å². The molecular weight excluding hydrogens is 186 g/mol. The molecular formula is C10H10ClNO. The molecule has 0 radical (unpaired) electrons. The average molecular weight is 196 g/mol. The van der Waals surface area contributed by atoms with Gasteiger partial charge >= 0.3 is 0 Å². The summed E-state index contributed by atoms with van der Waals surface area (Å²) in [6, 6.07) is 3.39. The topological polar surface area (TPSA) is 22.1 Å². The van der Waals surface area contributed by atoms with Crippen molar-refractivity contribution in [1.82, 2.24) is 4.98 Å². The van der Waals surface area contributed by atoms with Crippen molar-refractivity contribution in [2.75, 3.05) is 0 Å². The summed E-state index contributed by atoms with van der Waals surface area (Å²) in [7, 11) is 0. The average Bonchev–Trinajstić information content (AvgIpc) is 2.09. The van der Waals surface area contributed by atoms with Gasteiger partial charge in [0.25, 0.3) is 0 Å². The van der Waals surface area contributed by atoms with Crippen molar-refractivity contribution in [1.29, 1.82) is 0 Å². The highest BCUT2D eigenvalue weighted by Gasteiger charge is 2.15. The van der Waals surface area contributed by atoms with Crippen molar-refractivity contribution in [2.24, 2.45) is 0 Å². The number of ether oxygens (including phenoxy) is 1. The zero-order valence-corrected chi connectivity index (χ0v) is 8.30. The molecule has 0 aliphatic carbocycles. The normalized spacial score (nSPS) is 10.6. The van der Waals surface area contributed by atoms with Crippen LogP contribution in [0.1, 0.15) is 13.8 Å². The molecule has 1 heterocycles. The van der Waals surface area contributed by atoms with Gasteiger partial charge in [0.1, 0.15) is 0 Å². The maximum Gasteiger partial charge on any atom is 0.214 e. The van der Waals surface area contributed by atoms with Gasteiger partial charge in [0.2, 0.25) is 5.88 Å². The van der Waals surface area contributed by atoms with Crippen LogP contribution in [0.3, 0.4) is 0 Å². The number of pyridine rings is 1. The Bertz CT molecular complexity index is 324. The number of hydrogen-bond acceptors (Lipinski definition) is 2. The predicted molar refractivity (Wildman–Crippen MR) is 52.8 cm³/mol. The minimum Gasteiger partial charge on any atom is -0.458 e. The number of rotatable bonds is 2. The highest BCUT2D eigenvalue weighted by atomic mass is 35.5. The van der Waals surface area contributed by atoms with Gasteiger partial charge in [0.15, 0.2) is 5.60 Å². The van der Waals surface area contributed by atoms with Crippen LogP contribution in [0, 0.1) is 12.3 Å². The molecule has 0 bridgehead atoms. The van der Waals surface area contributed by atoms with E-state index in [4.69, 9.17) is 22.8 Å². The van der Waals surface area contributed by atoms with Gasteiger partial charge in [0, 0.05) is 12.3 Å². The summed E-state index contributed by atoms with van der Waals surface area (Å²) >= 11 is 5.66. The highest BCUT2D eigenvalue weighted by Crippen LogP contribution is 2.16. The molecule has 0 aliphatic heterocycles. The van der Waals surface area contributed by atoms with Crippen molar-refractivity contribution in [3.63, 3.8) is 0 Å². The standard InChI is InChI=1S/C10H10ClNO/c1-4-10(2,3)13-9-6-5-8(11)7-12-9/h1,5-7H,2-3H3. The summed E-state index contributed by atoms with van der Waals surface area (Å²) in [5.74, 6) is 2.99. The van der Waals surface area contributed by atoms with Crippen LogP contribution in [-0.2, 0) is 0 Å². The SMILES string of the molecule is C#CC(C)(C)Oc1ccc(Cl)cn1. The summed E-state index contributed by atoms with van der Waals surface area (Å²) < 4.78 is 5.40. The Morgan fingerprint density at radius 1 is 1.54 bits per heavy atom. The Hall–Kier alpha value is -1.20. The van der Waals surface area contributed by atoms with Gasteiger partial charge in [-0.2, -0.15) is 0 Å². The molecule has 0 unspecified atom stereocenters. The van der Waals surface area contributed by atoms with Crippen molar-refractivity contribution in [3.8, 4) is 18.2 Å². The molecule has 0 aliphatic rings. The van der Waals surface area contributed by atoms with E-state index in [0.717, 1.165) is 0 Å². The summed E-state index contributed by atoms with van der Waals surface area (Å²) in [4.78, 5) is 3.96. The second-order valence-corrected chi connectivity index (χ2v) is 3.51. The van der Waals surface area contributed by atoms with E-state index >= 15 is 0 Å². The van der Waals surface area contributed by atoms with Crippen LogP contribution in [0.25, 0.3) is 0 Å². The minimum atomic E-state index is -0.638. The smallest absolute Gasteiger partial charge is 0.214 e. The lowest BCUT2D eigenvalue weighted by molar-refractivity contribution is 0.165. The van der Waals surface area contributed by atoms with Gasteiger partial charge in [0.05, 0.1) is 5.02 Å². The second kappa shape index (κ2) is 3.68. The molecule has 0 saturated heterocycles. The molecule has 1 rings (SSSR count). The lowest BCUT2D eigenvalue weighted by Crippen LogP contribution is -2.25. The lowest BCUT2D eigenvalue weighted by Gasteiger charge is -2.18. The zero-order valence-electron chi connectivity index (χ0n) is 7.54. The van der Waals surface area contributed by atoms with Gasteiger partial charge in [-0.1, -0.05) is 17.5 Å². The van der Waals surface area contributed by atoms with Crippen molar-refractivity contribution in [2.45, 2.75) is 19.4 Å². The lowest BCUT2D eigenvalue weighted by atomic mass is 10.1. The molecule has 0 fully saturated rings. The van der Waals surface area contributed by atoms with Gasteiger partial charge in [-0.15, -0.1) is 6.42 Å². The minimum absolute atomic E-state index is 0.479. The first kappa shape index (κ1) is 9.88. The molecule has 0 amide bonds. The molecule has 1 aromatic heterocycles. The third kappa shape index (κ3) is 2.96. The fourth-order valence-corrected chi connectivity index (χ4v) is 0.825. The van der Waals surface area contributed by atoms with Crippen LogP contribution in [0.2, 0.25) is 5.02 Å². The van der Waals surface area contributed by atoms with E-state index in [2.05, 4.69) is 10.9 Å². The Morgan fingerprint density at radius 2 is 2.23 bits per heavy atom. The Balaban J connectivity index is 2.77. The largest absolute Gasteiger partial charge is 0.458 e. The van der Waals surface area contributed by atoms with E-state index in [1.807, 2.05) is 0 Å². The quantitative estimate of drug-likeness (QED) is 0.677. The Morgan fingerprint density at radius 3 is 2.69 bits per heavy atom. The number of aromatic nitrogens is 1. The van der Waals surface area contributed by atoms with E-state index in [-0.39, 0.29) is 0 Å². The Kier molecular flexibility index (Phi) is 2.79. The molecule has 0 atom stereocenters. The fraction of sp³-hybridized carbons (Fsp3) is 0.300. The van der Waals surface area contributed by atoms with Gasteiger partial charge in [-0.25, -0.2) is 4.98 Å². The van der Waals surface area contributed by atoms with E-state index in [1.54, 1.807) is 26.0 Å². The summed E-state index contributed by atoms with van der Waals surface area (Å²) in [5.41, 5.74) is -0.638. The fourth-order valence-electron chi connectivity index (χ4n) is 0.714. The third-order valence-corrected chi connectivity index (χ3v) is 1.63. The van der Waals surface area contributed by atoms with E-state index in [9.17, 15) is 0 Å². The number of nitrogens with zero attached hydrogens (tertiary/aromatic N) is 1.